The SMILES string of the molecule is Cc1sc(CNC(C)C)cc1CN1CCCN(C)CC1C. The van der Waals surface area contributed by atoms with Gasteiger partial charge in [0.1, 0.15) is 0 Å². The number of rotatable bonds is 5. The van der Waals surface area contributed by atoms with Crippen LogP contribution in [0, 0.1) is 6.92 Å². The Hall–Kier alpha value is -0.420. The normalized spacial score (nSPS) is 21.9. The van der Waals surface area contributed by atoms with Crippen molar-refractivity contribution in [3.05, 3.63) is 21.4 Å². The van der Waals surface area contributed by atoms with Crippen molar-refractivity contribution >= 4 is 11.3 Å². The molecule has 1 N–H and O–H groups in total. The Balaban J connectivity index is 1.98. The number of hydrogen-bond acceptors (Lipinski definition) is 4. The van der Waals surface area contributed by atoms with Gasteiger partial charge in [0, 0.05) is 48.0 Å². The van der Waals surface area contributed by atoms with Crippen molar-refractivity contribution in [1.29, 1.82) is 0 Å². The van der Waals surface area contributed by atoms with Crippen molar-refractivity contribution in [1.82, 2.24) is 15.1 Å². The van der Waals surface area contributed by atoms with E-state index in [0.717, 1.165) is 13.1 Å². The van der Waals surface area contributed by atoms with Crippen LogP contribution in [0.15, 0.2) is 6.07 Å². The summed E-state index contributed by atoms with van der Waals surface area (Å²) in [4.78, 5) is 8.07. The molecule has 1 aromatic heterocycles. The van der Waals surface area contributed by atoms with Gasteiger partial charge in [-0.1, -0.05) is 13.8 Å². The fourth-order valence-electron chi connectivity index (χ4n) is 3.01. The lowest BCUT2D eigenvalue weighted by Gasteiger charge is -2.27. The third-order valence-corrected chi connectivity index (χ3v) is 5.41. The molecule has 1 saturated heterocycles. The first-order chi connectivity index (χ1) is 9.95. The van der Waals surface area contributed by atoms with Gasteiger partial charge >= 0.3 is 0 Å². The molecule has 4 heteroatoms. The topological polar surface area (TPSA) is 18.5 Å². The zero-order valence-electron chi connectivity index (χ0n) is 14.3. The number of nitrogens with zero attached hydrogens (tertiary/aromatic N) is 2. The molecule has 1 fully saturated rings. The van der Waals surface area contributed by atoms with E-state index in [1.165, 1.54) is 41.4 Å². The lowest BCUT2D eigenvalue weighted by molar-refractivity contribution is 0.194. The standard InChI is InChI=1S/C17H31N3S/c1-13(2)18-10-17-9-16(15(4)21-17)12-20-8-6-7-19(5)11-14(20)3/h9,13-14,18H,6-8,10-12H2,1-5H3. The van der Waals surface area contributed by atoms with Crippen LogP contribution >= 0.6 is 11.3 Å². The molecule has 0 spiro atoms. The molecule has 0 amide bonds. The minimum absolute atomic E-state index is 0.553. The van der Waals surface area contributed by atoms with Crippen molar-refractivity contribution < 1.29 is 0 Å². The summed E-state index contributed by atoms with van der Waals surface area (Å²) in [5, 5.41) is 3.52. The van der Waals surface area contributed by atoms with E-state index in [1.54, 1.807) is 0 Å². The van der Waals surface area contributed by atoms with Crippen LogP contribution < -0.4 is 5.32 Å². The van der Waals surface area contributed by atoms with E-state index in [9.17, 15) is 0 Å². The lowest BCUT2D eigenvalue weighted by Crippen LogP contribution is -2.37. The maximum atomic E-state index is 3.52. The minimum Gasteiger partial charge on any atom is -0.310 e. The van der Waals surface area contributed by atoms with Crippen LogP contribution in [0.2, 0.25) is 0 Å². The molecule has 2 heterocycles. The average molecular weight is 310 g/mol. The summed E-state index contributed by atoms with van der Waals surface area (Å²) in [5.74, 6) is 0. The smallest absolute Gasteiger partial charge is 0.0302 e. The van der Waals surface area contributed by atoms with Gasteiger partial charge < -0.3 is 10.2 Å². The van der Waals surface area contributed by atoms with Crippen molar-refractivity contribution in [2.24, 2.45) is 0 Å². The zero-order chi connectivity index (χ0) is 15.4. The van der Waals surface area contributed by atoms with Crippen molar-refractivity contribution in [2.45, 2.75) is 59.3 Å². The first kappa shape index (κ1) is 16.9. The monoisotopic (exact) mass is 309 g/mol. The summed E-state index contributed by atoms with van der Waals surface area (Å²) < 4.78 is 0. The van der Waals surface area contributed by atoms with Crippen LogP contribution in [-0.4, -0.2) is 48.6 Å². The second-order valence-electron chi connectivity index (χ2n) is 6.77. The Bertz CT molecular complexity index is 441. The highest BCUT2D eigenvalue weighted by molar-refractivity contribution is 7.12. The Labute approximate surface area is 134 Å². The van der Waals surface area contributed by atoms with E-state index in [1.807, 2.05) is 11.3 Å². The van der Waals surface area contributed by atoms with Gasteiger partial charge in [-0.2, -0.15) is 0 Å². The van der Waals surface area contributed by atoms with Crippen LogP contribution in [0.1, 0.15) is 42.5 Å². The Morgan fingerprint density at radius 3 is 2.86 bits per heavy atom. The molecule has 1 aliphatic heterocycles. The summed E-state index contributed by atoms with van der Waals surface area (Å²) in [5.41, 5.74) is 1.52. The molecule has 1 aliphatic rings. The Morgan fingerprint density at radius 1 is 1.38 bits per heavy atom. The second-order valence-corrected chi connectivity index (χ2v) is 8.11. The third-order valence-electron chi connectivity index (χ3n) is 4.31. The van der Waals surface area contributed by atoms with Crippen LogP contribution in [0.4, 0.5) is 0 Å². The second kappa shape index (κ2) is 7.73. The van der Waals surface area contributed by atoms with Crippen LogP contribution in [0.3, 0.4) is 0 Å². The third kappa shape index (κ3) is 5.06. The molecule has 0 radical (unpaired) electrons. The van der Waals surface area contributed by atoms with Gasteiger partial charge in [0.2, 0.25) is 0 Å². The van der Waals surface area contributed by atoms with Crippen molar-refractivity contribution in [2.75, 3.05) is 26.7 Å². The summed E-state index contributed by atoms with van der Waals surface area (Å²) in [7, 11) is 2.24. The molecule has 1 aromatic rings. The highest BCUT2D eigenvalue weighted by Gasteiger charge is 2.20. The Morgan fingerprint density at radius 2 is 2.14 bits per heavy atom. The predicted octanol–water partition coefficient (Wildman–Crippen LogP) is 3.08. The van der Waals surface area contributed by atoms with Crippen LogP contribution in [0.5, 0.6) is 0 Å². The van der Waals surface area contributed by atoms with Gasteiger partial charge in [-0.3, -0.25) is 4.90 Å². The van der Waals surface area contributed by atoms with E-state index in [4.69, 9.17) is 0 Å². The summed E-state index contributed by atoms with van der Waals surface area (Å²) in [6, 6.07) is 3.61. The number of aryl methyl sites for hydroxylation is 1. The van der Waals surface area contributed by atoms with E-state index in [2.05, 4.69) is 55.9 Å². The van der Waals surface area contributed by atoms with Crippen molar-refractivity contribution in [3.63, 3.8) is 0 Å². The summed E-state index contributed by atoms with van der Waals surface area (Å²) in [6.07, 6.45) is 1.28. The van der Waals surface area contributed by atoms with Gasteiger partial charge in [0.15, 0.2) is 0 Å². The van der Waals surface area contributed by atoms with Gasteiger partial charge in [0.05, 0.1) is 0 Å². The van der Waals surface area contributed by atoms with E-state index >= 15 is 0 Å². The highest BCUT2D eigenvalue weighted by atomic mass is 32.1. The fraction of sp³-hybridized carbons (Fsp3) is 0.765. The maximum absolute atomic E-state index is 3.52. The van der Waals surface area contributed by atoms with E-state index in [0.29, 0.717) is 12.1 Å². The molecular formula is C17H31N3S. The molecule has 2 rings (SSSR count). The number of likely N-dealkylation sites (N-methyl/N-ethyl adjacent to an activating group) is 1. The largest absolute Gasteiger partial charge is 0.310 e. The van der Waals surface area contributed by atoms with E-state index < -0.39 is 0 Å². The molecule has 1 atom stereocenters. The molecule has 120 valence electrons. The number of hydrogen-bond donors (Lipinski definition) is 1. The molecule has 21 heavy (non-hydrogen) atoms. The molecule has 3 nitrogen and oxygen atoms in total. The van der Waals surface area contributed by atoms with Crippen LogP contribution in [-0.2, 0) is 13.1 Å². The van der Waals surface area contributed by atoms with Crippen molar-refractivity contribution in [3.8, 4) is 0 Å². The predicted molar refractivity (Wildman–Crippen MR) is 93.0 cm³/mol. The van der Waals surface area contributed by atoms with Gasteiger partial charge in [-0.25, -0.2) is 0 Å². The maximum Gasteiger partial charge on any atom is 0.0302 e. The lowest BCUT2D eigenvalue weighted by atomic mass is 10.2. The van der Waals surface area contributed by atoms with Gasteiger partial charge in [-0.05, 0) is 45.5 Å². The summed E-state index contributed by atoms with van der Waals surface area (Å²) >= 11 is 1.95. The zero-order valence-corrected chi connectivity index (χ0v) is 15.1. The summed E-state index contributed by atoms with van der Waals surface area (Å²) in [6.45, 7) is 14.8. The minimum atomic E-state index is 0.553. The number of thiophene rings is 1. The fourth-order valence-corrected chi connectivity index (χ4v) is 4.02. The average Bonchev–Trinajstić information content (AvgIpc) is 2.66. The number of nitrogens with one attached hydrogen (secondary N) is 1. The molecule has 1 unspecified atom stereocenters. The molecule has 0 aliphatic carbocycles. The van der Waals surface area contributed by atoms with Gasteiger partial charge in [-0.15, -0.1) is 11.3 Å². The molecular weight excluding hydrogens is 278 g/mol. The first-order valence-corrected chi connectivity index (χ1v) is 9.01. The molecule has 0 aromatic carbocycles. The highest BCUT2D eigenvalue weighted by Crippen LogP contribution is 2.24. The van der Waals surface area contributed by atoms with Gasteiger partial charge in [0.25, 0.3) is 0 Å². The quantitative estimate of drug-likeness (QED) is 0.902. The Kier molecular flexibility index (Phi) is 6.23. The molecule has 0 bridgehead atoms. The first-order valence-electron chi connectivity index (χ1n) is 8.20. The molecule has 0 saturated carbocycles. The van der Waals surface area contributed by atoms with E-state index in [-0.39, 0.29) is 0 Å². The van der Waals surface area contributed by atoms with Crippen LogP contribution in [0.25, 0.3) is 0 Å².